The van der Waals surface area contributed by atoms with Crippen molar-refractivity contribution in [2.24, 2.45) is 0 Å². The van der Waals surface area contributed by atoms with Crippen LogP contribution in [0.1, 0.15) is 11.7 Å². The van der Waals surface area contributed by atoms with E-state index in [0.29, 0.717) is 31.9 Å². The molecule has 1 amide bonds. The zero-order valence-electron chi connectivity index (χ0n) is 13.7. The molecule has 1 aliphatic rings. The van der Waals surface area contributed by atoms with Gasteiger partial charge in [-0.1, -0.05) is 42.5 Å². The monoisotopic (exact) mass is 328 g/mol. The van der Waals surface area contributed by atoms with Crippen molar-refractivity contribution >= 4 is 11.6 Å². The molecule has 1 fully saturated rings. The number of carbonyl (C=O) groups is 1. The highest BCUT2D eigenvalue weighted by molar-refractivity contribution is 5.82. The SMILES string of the molecule is CO[C@@H](C(=O)N1CCN(c2ccccc2F)CC1)c1ccccc1. The number of carbonyl (C=O) groups excluding carboxylic acids is 1. The average molecular weight is 328 g/mol. The molecule has 0 saturated carbocycles. The molecule has 1 saturated heterocycles. The molecule has 0 unspecified atom stereocenters. The van der Waals surface area contributed by atoms with Gasteiger partial charge in [-0.05, 0) is 17.7 Å². The van der Waals surface area contributed by atoms with Gasteiger partial charge >= 0.3 is 0 Å². The van der Waals surface area contributed by atoms with Crippen molar-refractivity contribution in [3.8, 4) is 0 Å². The Labute approximate surface area is 141 Å². The van der Waals surface area contributed by atoms with Crippen LogP contribution in [0.3, 0.4) is 0 Å². The predicted octanol–water partition coefficient (Wildman–Crippen LogP) is 2.86. The summed E-state index contributed by atoms with van der Waals surface area (Å²) in [5.74, 6) is -0.270. The molecule has 0 bridgehead atoms. The summed E-state index contributed by atoms with van der Waals surface area (Å²) in [5, 5.41) is 0. The van der Waals surface area contributed by atoms with Gasteiger partial charge in [0.25, 0.3) is 5.91 Å². The third-order valence-corrected chi connectivity index (χ3v) is 4.35. The lowest BCUT2D eigenvalue weighted by molar-refractivity contribution is -0.142. The molecular formula is C19H21FN2O2. The smallest absolute Gasteiger partial charge is 0.256 e. The number of hydrogen-bond donors (Lipinski definition) is 0. The summed E-state index contributed by atoms with van der Waals surface area (Å²) in [6.45, 7) is 2.33. The van der Waals surface area contributed by atoms with E-state index in [1.54, 1.807) is 24.1 Å². The molecule has 126 valence electrons. The van der Waals surface area contributed by atoms with Gasteiger partial charge in [-0.2, -0.15) is 0 Å². The van der Waals surface area contributed by atoms with Crippen LogP contribution < -0.4 is 4.90 Å². The van der Waals surface area contributed by atoms with Crippen molar-refractivity contribution in [2.75, 3.05) is 38.2 Å². The maximum Gasteiger partial charge on any atom is 0.256 e. The lowest BCUT2D eigenvalue weighted by atomic mass is 10.1. The fourth-order valence-electron chi connectivity index (χ4n) is 3.05. The molecule has 0 spiro atoms. The number of rotatable bonds is 4. The minimum absolute atomic E-state index is 0.0446. The topological polar surface area (TPSA) is 32.8 Å². The molecule has 1 aliphatic heterocycles. The van der Waals surface area contributed by atoms with E-state index >= 15 is 0 Å². The Kier molecular flexibility index (Phi) is 5.11. The van der Waals surface area contributed by atoms with Gasteiger partial charge in [0, 0.05) is 33.3 Å². The highest BCUT2D eigenvalue weighted by Gasteiger charge is 2.29. The van der Waals surface area contributed by atoms with Gasteiger partial charge in [0.05, 0.1) is 5.69 Å². The molecular weight excluding hydrogens is 307 g/mol. The maximum absolute atomic E-state index is 13.9. The summed E-state index contributed by atoms with van der Waals surface area (Å²) in [5.41, 5.74) is 1.44. The third-order valence-electron chi connectivity index (χ3n) is 4.35. The fraction of sp³-hybridized carbons (Fsp3) is 0.316. The van der Waals surface area contributed by atoms with Crippen molar-refractivity contribution in [1.82, 2.24) is 4.90 Å². The molecule has 0 aromatic heterocycles. The quantitative estimate of drug-likeness (QED) is 0.865. The van der Waals surface area contributed by atoms with Gasteiger partial charge in [0.1, 0.15) is 5.82 Å². The van der Waals surface area contributed by atoms with Gasteiger partial charge < -0.3 is 14.5 Å². The van der Waals surface area contributed by atoms with Crippen LogP contribution in [0.5, 0.6) is 0 Å². The predicted molar refractivity (Wildman–Crippen MR) is 91.4 cm³/mol. The summed E-state index contributed by atoms with van der Waals surface area (Å²) in [7, 11) is 1.55. The van der Waals surface area contributed by atoms with Crippen LogP contribution in [0.15, 0.2) is 54.6 Å². The molecule has 4 nitrogen and oxygen atoms in total. The number of para-hydroxylation sites is 1. The minimum Gasteiger partial charge on any atom is -0.367 e. The van der Waals surface area contributed by atoms with E-state index < -0.39 is 6.10 Å². The summed E-state index contributed by atoms with van der Waals surface area (Å²) in [6.07, 6.45) is -0.591. The van der Waals surface area contributed by atoms with Crippen LogP contribution in [0.2, 0.25) is 0 Å². The average Bonchev–Trinajstić information content (AvgIpc) is 2.64. The summed E-state index contributed by atoms with van der Waals surface area (Å²) in [4.78, 5) is 16.5. The van der Waals surface area contributed by atoms with Gasteiger partial charge in [-0.3, -0.25) is 4.79 Å². The zero-order valence-corrected chi connectivity index (χ0v) is 13.7. The number of nitrogens with zero attached hydrogens (tertiary/aromatic N) is 2. The van der Waals surface area contributed by atoms with Gasteiger partial charge in [0.2, 0.25) is 0 Å². The Balaban J connectivity index is 1.66. The molecule has 0 N–H and O–H groups in total. The standard InChI is InChI=1S/C19H21FN2O2/c1-24-18(15-7-3-2-4-8-15)19(23)22-13-11-21(12-14-22)17-10-6-5-9-16(17)20/h2-10,18H,11-14H2,1H3/t18-/m1/s1. The second-order valence-corrected chi connectivity index (χ2v) is 5.79. The molecule has 5 heteroatoms. The fourth-order valence-corrected chi connectivity index (χ4v) is 3.05. The number of piperazine rings is 1. The molecule has 3 rings (SSSR count). The number of hydrogen-bond acceptors (Lipinski definition) is 3. The Morgan fingerprint density at radius 2 is 1.62 bits per heavy atom. The Morgan fingerprint density at radius 1 is 1.00 bits per heavy atom. The van der Waals surface area contributed by atoms with E-state index in [9.17, 15) is 9.18 Å². The first-order valence-corrected chi connectivity index (χ1v) is 8.06. The lowest BCUT2D eigenvalue weighted by Gasteiger charge is -2.37. The van der Waals surface area contributed by atoms with E-state index in [4.69, 9.17) is 4.74 Å². The number of amides is 1. The summed E-state index contributed by atoms with van der Waals surface area (Å²) >= 11 is 0. The molecule has 24 heavy (non-hydrogen) atoms. The number of methoxy groups -OCH3 is 1. The summed E-state index contributed by atoms with van der Waals surface area (Å²) < 4.78 is 19.3. The van der Waals surface area contributed by atoms with Gasteiger partial charge in [-0.15, -0.1) is 0 Å². The second kappa shape index (κ2) is 7.45. The molecule has 0 aliphatic carbocycles. The van der Waals surface area contributed by atoms with E-state index in [0.717, 1.165) is 5.56 Å². The van der Waals surface area contributed by atoms with Crippen LogP contribution in [0.25, 0.3) is 0 Å². The first-order chi connectivity index (χ1) is 11.7. The number of ether oxygens (including phenoxy) is 1. The van der Waals surface area contributed by atoms with Crippen LogP contribution in [0.4, 0.5) is 10.1 Å². The highest BCUT2D eigenvalue weighted by atomic mass is 19.1. The first kappa shape index (κ1) is 16.5. The first-order valence-electron chi connectivity index (χ1n) is 8.06. The third kappa shape index (κ3) is 3.41. The molecule has 1 atom stereocenters. The van der Waals surface area contributed by atoms with Gasteiger partial charge in [-0.25, -0.2) is 4.39 Å². The normalized spacial score (nSPS) is 16.1. The minimum atomic E-state index is -0.591. The Morgan fingerprint density at radius 3 is 2.25 bits per heavy atom. The molecule has 1 heterocycles. The van der Waals surface area contributed by atoms with Crippen molar-refractivity contribution < 1.29 is 13.9 Å². The second-order valence-electron chi connectivity index (χ2n) is 5.79. The maximum atomic E-state index is 13.9. The Hall–Kier alpha value is -2.40. The zero-order chi connectivity index (χ0) is 16.9. The van der Waals surface area contributed by atoms with E-state index in [-0.39, 0.29) is 11.7 Å². The van der Waals surface area contributed by atoms with E-state index in [1.807, 2.05) is 41.3 Å². The number of halogens is 1. The Bertz CT molecular complexity index is 685. The lowest BCUT2D eigenvalue weighted by Crippen LogP contribution is -2.50. The molecule has 2 aromatic rings. The van der Waals surface area contributed by atoms with Crippen molar-refractivity contribution in [3.05, 3.63) is 66.0 Å². The van der Waals surface area contributed by atoms with Crippen molar-refractivity contribution in [3.63, 3.8) is 0 Å². The van der Waals surface area contributed by atoms with E-state index in [2.05, 4.69) is 0 Å². The largest absolute Gasteiger partial charge is 0.367 e. The number of benzene rings is 2. The van der Waals surface area contributed by atoms with Crippen LogP contribution in [0, 0.1) is 5.82 Å². The van der Waals surface area contributed by atoms with Gasteiger partial charge in [0.15, 0.2) is 6.10 Å². The van der Waals surface area contributed by atoms with Crippen LogP contribution >= 0.6 is 0 Å². The van der Waals surface area contributed by atoms with Crippen molar-refractivity contribution in [1.29, 1.82) is 0 Å². The molecule has 0 radical (unpaired) electrons. The number of anilines is 1. The van der Waals surface area contributed by atoms with Crippen molar-refractivity contribution in [2.45, 2.75) is 6.10 Å². The van der Waals surface area contributed by atoms with E-state index in [1.165, 1.54) is 6.07 Å². The van der Waals surface area contributed by atoms with Crippen LogP contribution in [-0.4, -0.2) is 44.1 Å². The highest BCUT2D eigenvalue weighted by Crippen LogP contribution is 2.23. The summed E-state index contributed by atoms with van der Waals surface area (Å²) in [6, 6.07) is 16.2. The van der Waals surface area contributed by atoms with Crippen LogP contribution in [-0.2, 0) is 9.53 Å². The molecule has 2 aromatic carbocycles.